The van der Waals surface area contributed by atoms with E-state index in [9.17, 15) is 14.7 Å². The summed E-state index contributed by atoms with van der Waals surface area (Å²) in [6.45, 7) is 8.22. The molecular weight excluding hydrogens is 318 g/mol. The topological polar surface area (TPSA) is 64.1 Å². The highest BCUT2D eigenvalue weighted by molar-refractivity contribution is 5.87. The van der Waals surface area contributed by atoms with Crippen LogP contribution in [0.15, 0.2) is 12.2 Å². The maximum atomic E-state index is 12.3. The first-order valence-corrected chi connectivity index (χ1v) is 9.14. The lowest BCUT2D eigenvalue weighted by Gasteiger charge is -2.55. The van der Waals surface area contributed by atoms with Crippen LogP contribution in [0.25, 0.3) is 0 Å². The van der Waals surface area contributed by atoms with Crippen molar-refractivity contribution in [2.45, 2.75) is 51.7 Å². The first-order valence-electron chi connectivity index (χ1n) is 9.14. The lowest BCUT2D eigenvalue weighted by atomic mass is 9.67. The van der Waals surface area contributed by atoms with Gasteiger partial charge in [-0.3, -0.25) is 9.59 Å². The minimum atomic E-state index is -0.535. The lowest BCUT2D eigenvalue weighted by Crippen LogP contribution is -2.64. The Morgan fingerprint density at radius 1 is 1.24 bits per heavy atom. The molecule has 1 atom stereocenters. The number of piperidine rings is 2. The normalized spacial score (nSPS) is 25.8. The molecule has 0 bridgehead atoms. The summed E-state index contributed by atoms with van der Waals surface area (Å²) in [6, 6.07) is 0. The molecule has 25 heavy (non-hydrogen) atoms. The molecule has 142 valence electrons. The van der Waals surface area contributed by atoms with Gasteiger partial charge in [-0.25, -0.2) is 0 Å². The maximum Gasteiger partial charge on any atom is 0.246 e. The zero-order valence-corrected chi connectivity index (χ0v) is 16.3. The Labute approximate surface area is 151 Å². The number of carbonyl (C=O) groups is 2. The average molecular weight is 351 g/mol. The minimum absolute atomic E-state index is 0.00764. The zero-order valence-electron chi connectivity index (χ0n) is 16.3. The van der Waals surface area contributed by atoms with Crippen molar-refractivity contribution in [2.24, 2.45) is 5.41 Å². The van der Waals surface area contributed by atoms with Crippen LogP contribution in [0.1, 0.15) is 40.0 Å². The van der Waals surface area contributed by atoms with E-state index < -0.39 is 11.6 Å². The Hall–Kier alpha value is -1.40. The molecule has 2 heterocycles. The van der Waals surface area contributed by atoms with Gasteiger partial charge >= 0.3 is 0 Å². The van der Waals surface area contributed by atoms with Crippen molar-refractivity contribution in [3.8, 4) is 0 Å². The summed E-state index contributed by atoms with van der Waals surface area (Å²) < 4.78 is 0. The van der Waals surface area contributed by atoms with Gasteiger partial charge in [0.1, 0.15) is 0 Å². The molecule has 0 aromatic heterocycles. The molecule has 2 rings (SSSR count). The second-order valence-corrected chi connectivity index (χ2v) is 8.47. The molecule has 0 aliphatic carbocycles. The Balaban J connectivity index is 1.99. The zero-order chi connectivity index (χ0) is 18.8. The highest BCUT2D eigenvalue weighted by Crippen LogP contribution is 2.45. The number of nitrogens with zero attached hydrogens (tertiary/aromatic N) is 3. The Morgan fingerprint density at radius 2 is 1.84 bits per heavy atom. The molecule has 0 aromatic rings. The van der Waals surface area contributed by atoms with Crippen LogP contribution in [0.4, 0.5) is 0 Å². The lowest BCUT2D eigenvalue weighted by molar-refractivity contribution is -0.158. The van der Waals surface area contributed by atoms with Gasteiger partial charge in [-0.05, 0) is 52.6 Å². The van der Waals surface area contributed by atoms with Crippen LogP contribution in [0, 0.1) is 5.41 Å². The van der Waals surface area contributed by atoms with E-state index in [1.54, 1.807) is 13.0 Å². The average Bonchev–Trinajstić information content (AvgIpc) is 2.51. The standard InChI is InChI=1S/C19H33N3O3/c1-15(23)22-14-19(13-16(24)18(22,2)3)8-11-21(12-9-19)17(25)7-6-10-20(4)5/h6-7,16,24H,8-14H2,1-5H3/b7-6+. The van der Waals surface area contributed by atoms with Crippen molar-refractivity contribution in [3.63, 3.8) is 0 Å². The van der Waals surface area contributed by atoms with Gasteiger partial charge in [-0.2, -0.15) is 0 Å². The number of likely N-dealkylation sites (N-methyl/N-ethyl adjacent to an activating group) is 1. The largest absolute Gasteiger partial charge is 0.391 e. The van der Waals surface area contributed by atoms with E-state index in [1.165, 1.54) is 0 Å². The van der Waals surface area contributed by atoms with Crippen molar-refractivity contribution in [1.82, 2.24) is 14.7 Å². The molecule has 6 heteroatoms. The molecule has 1 unspecified atom stereocenters. The SMILES string of the molecule is CC(=O)N1CC2(CCN(C(=O)/C=C/CN(C)C)CC2)CC(O)C1(C)C. The third-order valence-electron chi connectivity index (χ3n) is 5.88. The summed E-state index contributed by atoms with van der Waals surface area (Å²) in [5.74, 6) is 0.0602. The highest BCUT2D eigenvalue weighted by atomic mass is 16.3. The van der Waals surface area contributed by atoms with Gasteiger partial charge in [-0.1, -0.05) is 6.08 Å². The molecule has 0 saturated carbocycles. The van der Waals surface area contributed by atoms with Crippen molar-refractivity contribution in [2.75, 3.05) is 40.3 Å². The quantitative estimate of drug-likeness (QED) is 0.774. The van der Waals surface area contributed by atoms with E-state index in [1.807, 2.05) is 48.7 Å². The summed E-state index contributed by atoms with van der Waals surface area (Å²) in [7, 11) is 3.94. The van der Waals surface area contributed by atoms with Crippen LogP contribution in [0.2, 0.25) is 0 Å². The van der Waals surface area contributed by atoms with Gasteiger partial charge in [0.05, 0.1) is 11.6 Å². The molecule has 1 spiro atoms. The van der Waals surface area contributed by atoms with E-state index in [0.29, 0.717) is 26.1 Å². The van der Waals surface area contributed by atoms with Crippen LogP contribution < -0.4 is 0 Å². The summed E-state index contributed by atoms with van der Waals surface area (Å²) >= 11 is 0. The number of aliphatic hydroxyl groups is 1. The number of rotatable bonds is 3. The smallest absolute Gasteiger partial charge is 0.246 e. The molecule has 0 radical (unpaired) electrons. The Morgan fingerprint density at radius 3 is 2.36 bits per heavy atom. The number of hydrogen-bond acceptors (Lipinski definition) is 4. The van der Waals surface area contributed by atoms with E-state index in [4.69, 9.17) is 0 Å². The van der Waals surface area contributed by atoms with Crippen LogP contribution in [-0.4, -0.2) is 83.5 Å². The molecule has 2 saturated heterocycles. The number of aliphatic hydroxyl groups excluding tert-OH is 1. The fourth-order valence-electron chi connectivity index (χ4n) is 3.99. The van der Waals surface area contributed by atoms with Crippen LogP contribution >= 0.6 is 0 Å². The van der Waals surface area contributed by atoms with Crippen molar-refractivity contribution in [3.05, 3.63) is 12.2 Å². The molecule has 2 aliphatic rings. The van der Waals surface area contributed by atoms with E-state index in [0.717, 1.165) is 19.4 Å². The fourth-order valence-corrected chi connectivity index (χ4v) is 3.99. The predicted molar refractivity (Wildman–Crippen MR) is 98.0 cm³/mol. The molecule has 2 aliphatic heterocycles. The summed E-state index contributed by atoms with van der Waals surface area (Å²) in [6.07, 6.45) is 5.36. The van der Waals surface area contributed by atoms with Gasteiger partial charge in [0.2, 0.25) is 11.8 Å². The van der Waals surface area contributed by atoms with Gasteiger partial charge in [-0.15, -0.1) is 0 Å². The molecule has 6 nitrogen and oxygen atoms in total. The second-order valence-electron chi connectivity index (χ2n) is 8.47. The first-order chi connectivity index (χ1) is 11.6. The molecule has 1 N–H and O–H groups in total. The Kier molecular flexibility index (Phi) is 5.94. The molecule has 0 aromatic carbocycles. The third kappa shape index (κ3) is 4.42. The number of hydrogen-bond donors (Lipinski definition) is 1. The van der Waals surface area contributed by atoms with Crippen LogP contribution in [0.5, 0.6) is 0 Å². The van der Waals surface area contributed by atoms with Gasteiger partial charge in [0, 0.05) is 39.2 Å². The van der Waals surface area contributed by atoms with Crippen LogP contribution in [-0.2, 0) is 9.59 Å². The van der Waals surface area contributed by atoms with E-state index in [-0.39, 0.29) is 17.2 Å². The van der Waals surface area contributed by atoms with Crippen molar-refractivity contribution in [1.29, 1.82) is 0 Å². The molecular formula is C19H33N3O3. The third-order valence-corrected chi connectivity index (χ3v) is 5.88. The summed E-state index contributed by atoms with van der Waals surface area (Å²) in [5.41, 5.74) is -0.607. The highest BCUT2D eigenvalue weighted by Gasteiger charge is 2.50. The van der Waals surface area contributed by atoms with Gasteiger partial charge in [0.15, 0.2) is 0 Å². The van der Waals surface area contributed by atoms with E-state index >= 15 is 0 Å². The van der Waals surface area contributed by atoms with Crippen molar-refractivity contribution < 1.29 is 14.7 Å². The number of amides is 2. The fraction of sp³-hybridized carbons (Fsp3) is 0.789. The predicted octanol–water partition coefficient (Wildman–Crippen LogP) is 1.10. The molecule has 2 fully saturated rings. The second kappa shape index (κ2) is 7.46. The Bertz CT molecular complexity index is 534. The van der Waals surface area contributed by atoms with Gasteiger partial charge in [0.25, 0.3) is 0 Å². The van der Waals surface area contributed by atoms with Gasteiger partial charge < -0.3 is 19.8 Å². The maximum absolute atomic E-state index is 12.3. The molecule has 2 amide bonds. The summed E-state index contributed by atoms with van der Waals surface area (Å²) in [5, 5.41) is 10.6. The number of likely N-dealkylation sites (tertiary alicyclic amines) is 2. The number of carbonyl (C=O) groups excluding carboxylic acids is 2. The summed E-state index contributed by atoms with van der Waals surface area (Å²) in [4.78, 5) is 30.1. The van der Waals surface area contributed by atoms with Crippen molar-refractivity contribution >= 4 is 11.8 Å². The van der Waals surface area contributed by atoms with Crippen LogP contribution in [0.3, 0.4) is 0 Å². The first kappa shape index (κ1) is 19.9. The monoisotopic (exact) mass is 351 g/mol. The minimum Gasteiger partial charge on any atom is -0.391 e. The van der Waals surface area contributed by atoms with E-state index in [2.05, 4.69) is 0 Å².